The molecule has 1 saturated carbocycles. The van der Waals surface area contributed by atoms with Crippen molar-refractivity contribution in [2.45, 2.75) is 32.4 Å². The van der Waals surface area contributed by atoms with Crippen LogP contribution in [0.2, 0.25) is 0 Å². The van der Waals surface area contributed by atoms with Gasteiger partial charge in [0.2, 0.25) is 0 Å². The maximum absolute atomic E-state index is 11.0. The van der Waals surface area contributed by atoms with Crippen molar-refractivity contribution in [3.8, 4) is 0 Å². The van der Waals surface area contributed by atoms with Gasteiger partial charge in [-0.15, -0.1) is 11.3 Å². The molecular weight excluding hydrogens is 222 g/mol. The van der Waals surface area contributed by atoms with E-state index in [0.29, 0.717) is 10.9 Å². The van der Waals surface area contributed by atoms with Crippen LogP contribution in [0.1, 0.15) is 35.0 Å². The maximum Gasteiger partial charge on any atom is 0.346 e. The van der Waals surface area contributed by atoms with Gasteiger partial charge in [0, 0.05) is 12.6 Å². The Balaban J connectivity index is 2.02. The summed E-state index contributed by atoms with van der Waals surface area (Å²) in [6.07, 6.45) is 2.64. The minimum atomic E-state index is -0.808. The summed E-state index contributed by atoms with van der Waals surface area (Å²) in [5.41, 5.74) is 0.938. The minimum absolute atomic E-state index is 0.481. The van der Waals surface area contributed by atoms with E-state index in [1.807, 2.05) is 11.4 Å². The highest BCUT2D eigenvalue weighted by molar-refractivity contribution is 7.12. The number of aromatic carboxylic acids is 1. The molecular formula is C12H17NO2S. The molecule has 2 rings (SSSR count). The van der Waals surface area contributed by atoms with Crippen LogP contribution in [0.5, 0.6) is 0 Å². The van der Waals surface area contributed by atoms with Crippen molar-refractivity contribution in [3.63, 3.8) is 0 Å². The molecule has 3 nitrogen and oxygen atoms in total. The van der Waals surface area contributed by atoms with E-state index in [1.165, 1.54) is 24.2 Å². The van der Waals surface area contributed by atoms with E-state index in [1.54, 1.807) is 0 Å². The molecule has 0 radical (unpaired) electrons. The summed E-state index contributed by atoms with van der Waals surface area (Å²) in [5.74, 6) is 0.00869. The molecule has 4 heteroatoms. The summed E-state index contributed by atoms with van der Waals surface area (Å²) in [6, 6.07) is 2.48. The molecule has 1 aromatic rings. The van der Waals surface area contributed by atoms with Crippen LogP contribution in [0.25, 0.3) is 0 Å². The van der Waals surface area contributed by atoms with Gasteiger partial charge < -0.3 is 5.11 Å². The maximum atomic E-state index is 11.0. The normalized spacial score (nSPS) is 17.7. The van der Waals surface area contributed by atoms with Crippen molar-refractivity contribution < 1.29 is 9.90 Å². The number of carboxylic acids is 1. The van der Waals surface area contributed by atoms with Gasteiger partial charge in [-0.3, -0.25) is 4.90 Å². The van der Waals surface area contributed by atoms with Crippen LogP contribution in [-0.4, -0.2) is 29.1 Å². The Hall–Kier alpha value is -0.870. The second-order valence-corrected chi connectivity index (χ2v) is 5.49. The molecule has 0 aromatic carbocycles. The predicted molar refractivity (Wildman–Crippen MR) is 64.9 cm³/mol. The lowest BCUT2D eigenvalue weighted by molar-refractivity contribution is 0.0699. The van der Waals surface area contributed by atoms with Gasteiger partial charge in [0.15, 0.2) is 0 Å². The number of hydrogen-bond acceptors (Lipinski definition) is 3. The molecule has 0 spiro atoms. The Labute approximate surface area is 99.7 Å². The fraction of sp³-hybridized carbons (Fsp3) is 0.583. The largest absolute Gasteiger partial charge is 0.477 e. The zero-order valence-corrected chi connectivity index (χ0v) is 10.5. The third-order valence-corrected chi connectivity index (χ3v) is 4.30. The summed E-state index contributed by atoms with van der Waals surface area (Å²) < 4.78 is 0. The van der Waals surface area contributed by atoms with Gasteiger partial charge in [0.25, 0.3) is 0 Å². The van der Waals surface area contributed by atoms with Gasteiger partial charge in [0.05, 0.1) is 0 Å². The van der Waals surface area contributed by atoms with E-state index < -0.39 is 5.97 Å². The van der Waals surface area contributed by atoms with Gasteiger partial charge in [0.1, 0.15) is 4.88 Å². The van der Waals surface area contributed by atoms with Crippen LogP contribution in [-0.2, 0) is 6.54 Å². The molecule has 1 aliphatic carbocycles. The van der Waals surface area contributed by atoms with Gasteiger partial charge in [-0.1, -0.05) is 0 Å². The number of thiophene rings is 1. The molecule has 16 heavy (non-hydrogen) atoms. The van der Waals surface area contributed by atoms with E-state index in [-0.39, 0.29) is 0 Å². The fourth-order valence-electron chi connectivity index (χ4n) is 2.00. The molecule has 88 valence electrons. The summed E-state index contributed by atoms with van der Waals surface area (Å²) in [6.45, 7) is 2.97. The zero-order valence-electron chi connectivity index (χ0n) is 9.64. The van der Waals surface area contributed by atoms with Crippen molar-refractivity contribution >= 4 is 17.3 Å². The Morgan fingerprint density at radius 1 is 1.69 bits per heavy atom. The average molecular weight is 239 g/mol. The number of carboxylic acid groups (broad SMARTS) is 1. The van der Waals surface area contributed by atoms with E-state index in [2.05, 4.69) is 18.9 Å². The highest BCUT2D eigenvalue weighted by atomic mass is 32.1. The van der Waals surface area contributed by atoms with Crippen molar-refractivity contribution in [3.05, 3.63) is 21.9 Å². The molecule has 0 aliphatic heterocycles. The summed E-state index contributed by atoms with van der Waals surface area (Å²) in [4.78, 5) is 13.7. The van der Waals surface area contributed by atoms with E-state index >= 15 is 0 Å². The van der Waals surface area contributed by atoms with E-state index in [4.69, 9.17) is 5.11 Å². The quantitative estimate of drug-likeness (QED) is 0.858. The first-order chi connectivity index (χ1) is 7.59. The van der Waals surface area contributed by atoms with Crippen LogP contribution in [0.15, 0.2) is 11.4 Å². The molecule has 1 N–H and O–H groups in total. The highest BCUT2D eigenvalue weighted by Crippen LogP contribution is 2.35. The Bertz CT molecular complexity index is 384. The molecule has 1 atom stereocenters. The third kappa shape index (κ3) is 2.44. The minimum Gasteiger partial charge on any atom is -0.477 e. The molecule has 0 bridgehead atoms. The molecule has 0 amide bonds. The number of rotatable bonds is 5. The highest BCUT2D eigenvalue weighted by Gasteiger charge is 2.30. The topological polar surface area (TPSA) is 40.5 Å². The Kier molecular flexibility index (Phi) is 3.30. The standard InChI is InChI=1S/C12H17NO2S/c1-8(9-3-4-9)13(2)7-10-5-6-16-11(10)12(14)15/h5-6,8-9H,3-4,7H2,1-2H3,(H,14,15). The molecule has 1 fully saturated rings. The summed E-state index contributed by atoms with van der Waals surface area (Å²) >= 11 is 1.31. The third-order valence-electron chi connectivity index (χ3n) is 3.36. The van der Waals surface area contributed by atoms with Crippen molar-refractivity contribution in [2.24, 2.45) is 5.92 Å². The van der Waals surface area contributed by atoms with Crippen molar-refractivity contribution in [1.29, 1.82) is 0 Å². The van der Waals surface area contributed by atoms with Gasteiger partial charge in [-0.05, 0) is 49.7 Å². The smallest absolute Gasteiger partial charge is 0.346 e. The van der Waals surface area contributed by atoms with Crippen LogP contribution in [0.4, 0.5) is 0 Å². The molecule has 1 aromatic heterocycles. The number of carbonyl (C=O) groups is 1. The van der Waals surface area contributed by atoms with Crippen LogP contribution >= 0.6 is 11.3 Å². The Morgan fingerprint density at radius 2 is 2.38 bits per heavy atom. The summed E-state index contributed by atoms with van der Waals surface area (Å²) in [7, 11) is 2.08. The van der Waals surface area contributed by atoms with E-state index in [9.17, 15) is 4.79 Å². The lowest BCUT2D eigenvalue weighted by Crippen LogP contribution is -2.30. The SMILES string of the molecule is CC(C1CC1)N(C)Cc1ccsc1C(=O)O. The van der Waals surface area contributed by atoms with Crippen LogP contribution < -0.4 is 0 Å². The lowest BCUT2D eigenvalue weighted by atomic mass is 10.1. The van der Waals surface area contributed by atoms with Gasteiger partial charge >= 0.3 is 5.97 Å². The monoisotopic (exact) mass is 239 g/mol. The van der Waals surface area contributed by atoms with Crippen molar-refractivity contribution in [1.82, 2.24) is 4.90 Å². The first kappa shape index (κ1) is 11.6. The fourth-order valence-corrected chi connectivity index (χ4v) is 2.75. The molecule has 1 aliphatic rings. The molecule has 1 unspecified atom stereocenters. The van der Waals surface area contributed by atoms with Gasteiger partial charge in [-0.25, -0.2) is 4.79 Å². The number of nitrogens with zero attached hydrogens (tertiary/aromatic N) is 1. The average Bonchev–Trinajstić information content (AvgIpc) is 2.97. The summed E-state index contributed by atoms with van der Waals surface area (Å²) in [5, 5.41) is 10.9. The first-order valence-corrected chi connectivity index (χ1v) is 6.47. The zero-order chi connectivity index (χ0) is 11.7. The molecule has 0 saturated heterocycles. The Morgan fingerprint density at radius 3 is 2.94 bits per heavy atom. The van der Waals surface area contributed by atoms with Crippen LogP contribution in [0.3, 0.4) is 0 Å². The second kappa shape index (κ2) is 4.55. The van der Waals surface area contributed by atoms with Crippen molar-refractivity contribution in [2.75, 3.05) is 7.05 Å². The lowest BCUT2D eigenvalue weighted by Gasteiger charge is -2.24. The van der Waals surface area contributed by atoms with Crippen LogP contribution in [0, 0.1) is 5.92 Å². The second-order valence-electron chi connectivity index (χ2n) is 4.57. The first-order valence-electron chi connectivity index (χ1n) is 5.59. The number of hydrogen-bond donors (Lipinski definition) is 1. The predicted octanol–water partition coefficient (Wildman–Crippen LogP) is 2.68. The van der Waals surface area contributed by atoms with Gasteiger partial charge in [-0.2, -0.15) is 0 Å². The van der Waals surface area contributed by atoms with E-state index in [0.717, 1.165) is 18.0 Å². The molecule has 1 heterocycles.